The van der Waals surface area contributed by atoms with Crippen LogP contribution in [0.25, 0.3) is 21.7 Å². The number of nitrogens with zero attached hydrogens (tertiary/aromatic N) is 1. The number of aromatic nitrogens is 1. The van der Waals surface area contributed by atoms with Crippen LogP contribution in [0.4, 0.5) is 0 Å². The molecule has 28 heavy (non-hydrogen) atoms. The number of sulfone groups is 1. The summed E-state index contributed by atoms with van der Waals surface area (Å²) in [6.45, 7) is 4.65. The van der Waals surface area contributed by atoms with Crippen molar-refractivity contribution < 1.29 is 8.42 Å². The van der Waals surface area contributed by atoms with Gasteiger partial charge in [0.05, 0.1) is 9.79 Å². The Balaban J connectivity index is 1.98. The molecule has 0 fully saturated rings. The maximum atomic E-state index is 13.5. The minimum Gasteiger partial charge on any atom is -0.348 e. The molecular formula is C23H24N2O2S. The first-order valence-electron chi connectivity index (χ1n) is 9.38. The lowest BCUT2D eigenvalue weighted by atomic mass is 9.98. The molecule has 5 heteroatoms. The average Bonchev–Trinajstić information content (AvgIpc) is 2.97. The predicted octanol–water partition coefficient (Wildman–Crippen LogP) is 4.53. The smallest absolute Gasteiger partial charge is 0.207 e. The fourth-order valence-corrected chi connectivity index (χ4v) is 5.55. The van der Waals surface area contributed by atoms with Crippen molar-refractivity contribution in [2.24, 2.45) is 12.8 Å². The van der Waals surface area contributed by atoms with Gasteiger partial charge in [0.2, 0.25) is 9.84 Å². The highest BCUT2D eigenvalue weighted by Gasteiger charge is 2.23. The van der Waals surface area contributed by atoms with Gasteiger partial charge in [0, 0.05) is 29.0 Å². The Bertz CT molecular complexity index is 1300. The van der Waals surface area contributed by atoms with Crippen molar-refractivity contribution in [3.05, 3.63) is 71.9 Å². The third kappa shape index (κ3) is 2.74. The zero-order chi connectivity index (χ0) is 20.1. The molecule has 4 nitrogen and oxygen atoms in total. The molecule has 2 N–H and O–H groups in total. The van der Waals surface area contributed by atoms with Crippen LogP contribution in [0.1, 0.15) is 24.1 Å². The van der Waals surface area contributed by atoms with E-state index in [0.717, 1.165) is 32.9 Å². The van der Waals surface area contributed by atoms with Crippen LogP contribution in [0, 0.1) is 6.92 Å². The normalized spacial score (nSPS) is 13.3. The van der Waals surface area contributed by atoms with Crippen LogP contribution in [-0.4, -0.2) is 19.5 Å². The van der Waals surface area contributed by atoms with E-state index in [1.54, 1.807) is 24.3 Å². The van der Waals surface area contributed by atoms with Gasteiger partial charge in [0.15, 0.2) is 0 Å². The summed E-state index contributed by atoms with van der Waals surface area (Å²) in [5.74, 6) is 0.152. The first kappa shape index (κ1) is 18.7. The largest absolute Gasteiger partial charge is 0.348 e. The van der Waals surface area contributed by atoms with E-state index in [0.29, 0.717) is 16.3 Å². The number of benzene rings is 3. The van der Waals surface area contributed by atoms with E-state index in [-0.39, 0.29) is 5.92 Å². The lowest BCUT2D eigenvalue weighted by Crippen LogP contribution is -2.10. The quantitative estimate of drug-likeness (QED) is 0.555. The molecule has 144 valence electrons. The molecule has 3 aromatic carbocycles. The molecule has 0 spiro atoms. The molecule has 0 saturated heterocycles. The Morgan fingerprint density at radius 3 is 2.46 bits per heavy atom. The molecular weight excluding hydrogens is 368 g/mol. The lowest BCUT2D eigenvalue weighted by Gasteiger charge is -2.11. The van der Waals surface area contributed by atoms with E-state index in [1.807, 2.05) is 43.4 Å². The monoisotopic (exact) mass is 392 g/mol. The number of hydrogen-bond donors (Lipinski definition) is 1. The highest BCUT2D eigenvalue weighted by atomic mass is 32.2. The Hall–Kier alpha value is -2.63. The molecule has 0 amide bonds. The Morgan fingerprint density at radius 2 is 1.71 bits per heavy atom. The fourth-order valence-electron chi connectivity index (χ4n) is 4.04. The predicted molar refractivity (Wildman–Crippen MR) is 115 cm³/mol. The van der Waals surface area contributed by atoms with Crippen LogP contribution < -0.4 is 5.73 Å². The van der Waals surface area contributed by atoms with Crippen LogP contribution in [0.15, 0.2) is 70.5 Å². The topological polar surface area (TPSA) is 65.1 Å². The van der Waals surface area contributed by atoms with Crippen molar-refractivity contribution in [2.75, 3.05) is 6.54 Å². The third-order valence-electron chi connectivity index (χ3n) is 5.71. The summed E-state index contributed by atoms with van der Waals surface area (Å²) in [5.41, 5.74) is 9.18. The summed E-state index contributed by atoms with van der Waals surface area (Å²) in [7, 11) is -1.65. The van der Waals surface area contributed by atoms with Gasteiger partial charge in [-0.05, 0) is 54.6 Å². The van der Waals surface area contributed by atoms with E-state index in [2.05, 4.69) is 18.4 Å². The molecule has 0 saturated carbocycles. The van der Waals surface area contributed by atoms with Gasteiger partial charge in [-0.25, -0.2) is 8.42 Å². The molecule has 1 atom stereocenters. The van der Waals surface area contributed by atoms with E-state index < -0.39 is 9.84 Å². The van der Waals surface area contributed by atoms with E-state index in [9.17, 15) is 8.42 Å². The molecule has 1 heterocycles. The van der Waals surface area contributed by atoms with E-state index in [1.165, 1.54) is 0 Å². The van der Waals surface area contributed by atoms with Crippen LogP contribution in [-0.2, 0) is 16.9 Å². The molecule has 4 aromatic rings. The van der Waals surface area contributed by atoms with Crippen molar-refractivity contribution in [2.45, 2.75) is 29.6 Å². The van der Waals surface area contributed by atoms with Gasteiger partial charge in [-0.15, -0.1) is 0 Å². The summed E-state index contributed by atoms with van der Waals surface area (Å²) in [6.07, 6.45) is 0. The summed E-state index contributed by atoms with van der Waals surface area (Å²) >= 11 is 0. The second kappa shape index (κ2) is 6.76. The SMILES string of the molecule is Cc1c(C(C)CN)c2cc(S(=O)(=O)c3cccc4ccccc34)ccc2n1C. The van der Waals surface area contributed by atoms with E-state index in [4.69, 9.17) is 5.73 Å². The molecule has 0 aliphatic carbocycles. The first-order valence-corrected chi connectivity index (χ1v) is 10.9. The first-order chi connectivity index (χ1) is 13.4. The minimum atomic E-state index is -3.65. The molecule has 0 aliphatic heterocycles. The molecule has 0 bridgehead atoms. The maximum absolute atomic E-state index is 13.5. The highest BCUT2D eigenvalue weighted by Crippen LogP contribution is 2.35. The van der Waals surface area contributed by atoms with Crippen LogP contribution in [0.3, 0.4) is 0 Å². The van der Waals surface area contributed by atoms with Crippen molar-refractivity contribution in [3.8, 4) is 0 Å². The molecule has 0 radical (unpaired) electrons. The third-order valence-corrected chi connectivity index (χ3v) is 7.52. The van der Waals surface area contributed by atoms with Gasteiger partial charge >= 0.3 is 0 Å². The highest BCUT2D eigenvalue weighted by molar-refractivity contribution is 7.91. The molecule has 1 unspecified atom stereocenters. The number of rotatable bonds is 4. The lowest BCUT2D eigenvalue weighted by molar-refractivity contribution is 0.597. The van der Waals surface area contributed by atoms with Gasteiger partial charge in [-0.2, -0.15) is 0 Å². The number of fused-ring (bicyclic) bond motifs is 2. The van der Waals surface area contributed by atoms with Crippen LogP contribution in [0.5, 0.6) is 0 Å². The maximum Gasteiger partial charge on any atom is 0.207 e. The van der Waals surface area contributed by atoms with Crippen LogP contribution >= 0.6 is 0 Å². The zero-order valence-corrected chi connectivity index (χ0v) is 17.1. The van der Waals surface area contributed by atoms with Crippen molar-refractivity contribution in [1.29, 1.82) is 0 Å². The Morgan fingerprint density at radius 1 is 1.00 bits per heavy atom. The zero-order valence-electron chi connectivity index (χ0n) is 16.3. The molecule has 4 rings (SSSR count). The fraction of sp³-hybridized carbons (Fsp3) is 0.217. The van der Waals surface area contributed by atoms with Gasteiger partial charge in [-0.3, -0.25) is 0 Å². The second-order valence-corrected chi connectivity index (χ2v) is 9.27. The van der Waals surface area contributed by atoms with Crippen molar-refractivity contribution in [3.63, 3.8) is 0 Å². The Kier molecular flexibility index (Phi) is 4.52. The van der Waals surface area contributed by atoms with Crippen molar-refractivity contribution in [1.82, 2.24) is 4.57 Å². The number of hydrogen-bond acceptors (Lipinski definition) is 3. The second-order valence-electron chi connectivity index (χ2n) is 7.35. The van der Waals surface area contributed by atoms with Crippen molar-refractivity contribution >= 4 is 31.5 Å². The number of aryl methyl sites for hydroxylation is 1. The van der Waals surface area contributed by atoms with Gasteiger partial charge in [-0.1, -0.05) is 43.3 Å². The van der Waals surface area contributed by atoms with Crippen LogP contribution in [0.2, 0.25) is 0 Å². The molecule has 0 aliphatic rings. The minimum absolute atomic E-state index is 0.152. The summed E-state index contributed by atoms with van der Waals surface area (Å²) in [4.78, 5) is 0.651. The van der Waals surface area contributed by atoms with Gasteiger partial charge < -0.3 is 10.3 Å². The standard InChI is InChI=1S/C23H24N2O2S/c1-15(14-24)23-16(2)25(3)21-12-11-18(13-20(21)23)28(26,27)22-10-6-8-17-7-4-5-9-19(17)22/h4-13,15H,14,24H2,1-3H3. The Labute approximate surface area is 165 Å². The molecule has 1 aromatic heterocycles. The van der Waals surface area contributed by atoms with E-state index >= 15 is 0 Å². The average molecular weight is 393 g/mol. The number of nitrogens with two attached hydrogens (primary N) is 1. The van der Waals surface area contributed by atoms with Gasteiger partial charge in [0.25, 0.3) is 0 Å². The summed E-state index contributed by atoms with van der Waals surface area (Å²) in [5, 5.41) is 2.61. The summed E-state index contributed by atoms with van der Waals surface area (Å²) < 4.78 is 29.1. The summed E-state index contributed by atoms with van der Waals surface area (Å²) in [6, 6.07) is 18.4. The van der Waals surface area contributed by atoms with Gasteiger partial charge in [0.1, 0.15) is 0 Å².